The number of aromatic nitrogens is 1. The summed E-state index contributed by atoms with van der Waals surface area (Å²) in [6.45, 7) is 6.49. The smallest absolute Gasteiger partial charge is 0.257 e. The highest BCUT2D eigenvalue weighted by Crippen LogP contribution is 2.23. The minimum Gasteiger partial charge on any atom is -0.298 e. The molecule has 0 radical (unpaired) electrons. The summed E-state index contributed by atoms with van der Waals surface area (Å²) < 4.78 is 0. The van der Waals surface area contributed by atoms with E-state index in [0.29, 0.717) is 16.6 Å². The lowest BCUT2D eigenvalue weighted by atomic mass is 10.0. The van der Waals surface area contributed by atoms with Crippen LogP contribution in [0, 0.1) is 0 Å². The van der Waals surface area contributed by atoms with Gasteiger partial charge < -0.3 is 0 Å². The van der Waals surface area contributed by atoms with Gasteiger partial charge in [-0.3, -0.25) is 10.1 Å². The molecule has 4 heteroatoms. The molecule has 0 aliphatic heterocycles. The Morgan fingerprint density at radius 3 is 2.31 bits per heavy atom. The van der Waals surface area contributed by atoms with E-state index in [-0.39, 0.29) is 5.91 Å². The number of aryl methyl sites for hydroxylation is 1. The van der Waals surface area contributed by atoms with Crippen LogP contribution in [0.5, 0.6) is 0 Å². The summed E-state index contributed by atoms with van der Waals surface area (Å²) in [5.41, 5.74) is 4.48. The van der Waals surface area contributed by atoms with E-state index in [0.717, 1.165) is 17.7 Å². The second kappa shape index (κ2) is 8.28. The van der Waals surface area contributed by atoms with Gasteiger partial charge in [0, 0.05) is 23.1 Å². The molecule has 0 bridgehead atoms. The maximum atomic E-state index is 12.3. The van der Waals surface area contributed by atoms with Crippen molar-refractivity contribution in [3.8, 4) is 0 Å². The highest BCUT2D eigenvalue weighted by molar-refractivity contribution is 7.15. The zero-order valence-corrected chi connectivity index (χ0v) is 16.3. The first kappa shape index (κ1) is 18.3. The first-order chi connectivity index (χ1) is 12.5. The zero-order chi connectivity index (χ0) is 18.5. The molecule has 0 saturated carbocycles. The Morgan fingerprint density at radius 2 is 1.69 bits per heavy atom. The van der Waals surface area contributed by atoms with Crippen molar-refractivity contribution in [2.75, 3.05) is 5.32 Å². The largest absolute Gasteiger partial charge is 0.298 e. The van der Waals surface area contributed by atoms with Crippen LogP contribution in [-0.2, 0) is 12.8 Å². The van der Waals surface area contributed by atoms with Crippen LogP contribution in [0.25, 0.3) is 0 Å². The van der Waals surface area contributed by atoms with Gasteiger partial charge in [-0.25, -0.2) is 4.98 Å². The molecule has 3 nitrogen and oxygen atoms in total. The highest BCUT2D eigenvalue weighted by atomic mass is 32.1. The Balaban J connectivity index is 1.62. The lowest BCUT2D eigenvalue weighted by Gasteiger charge is -2.06. The molecule has 0 aliphatic carbocycles. The van der Waals surface area contributed by atoms with Crippen molar-refractivity contribution in [1.82, 2.24) is 4.98 Å². The van der Waals surface area contributed by atoms with Gasteiger partial charge in [0.25, 0.3) is 5.91 Å². The molecular weight excluding hydrogens is 340 g/mol. The number of nitrogens with one attached hydrogen (secondary N) is 1. The second-order valence-corrected chi connectivity index (χ2v) is 7.82. The summed E-state index contributed by atoms with van der Waals surface area (Å²) in [5.74, 6) is 0.426. The molecule has 3 rings (SSSR count). The summed E-state index contributed by atoms with van der Waals surface area (Å²) in [6, 6.07) is 16.4. The van der Waals surface area contributed by atoms with Crippen molar-refractivity contribution >= 4 is 22.4 Å². The zero-order valence-electron chi connectivity index (χ0n) is 15.5. The summed E-state index contributed by atoms with van der Waals surface area (Å²) in [7, 11) is 0. The number of anilines is 1. The standard InChI is InChI=1S/C22H24N2OS/c1-4-16-5-11-19(12-6-16)21(25)24-22-23-14-20(26-22)13-17-7-9-18(10-8-17)15(2)3/h5-12,14-15H,4,13H2,1-3H3,(H,23,24,25). The van der Waals surface area contributed by atoms with Gasteiger partial charge in [-0.15, -0.1) is 11.3 Å². The molecule has 0 fully saturated rings. The van der Waals surface area contributed by atoms with Gasteiger partial charge in [-0.2, -0.15) is 0 Å². The number of carbonyl (C=O) groups excluding carboxylic acids is 1. The van der Waals surface area contributed by atoms with E-state index in [9.17, 15) is 4.79 Å². The molecule has 26 heavy (non-hydrogen) atoms. The van der Waals surface area contributed by atoms with E-state index < -0.39 is 0 Å². The molecule has 0 atom stereocenters. The van der Waals surface area contributed by atoms with Crippen LogP contribution in [0.3, 0.4) is 0 Å². The summed E-state index contributed by atoms with van der Waals surface area (Å²) in [6.07, 6.45) is 3.64. The molecule has 0 unspecified atom stereocenters. The van der Waals surface area contributed by atoms with Crippen LogP contribution in [0.4, 0.5) is 5.13 Å². The van der Waals surface area contributed by atoms with Gasteiger partial charge in [-0.05, 0) is 41.2 Å². The number of carbonyl (C=O) groups is 1. The van der Waals surface area contributed by atoms with E-state index in [2.05, 4.69) is 55.3 Å². The van der Waals surface area contributed by atoms with E-state index >= 15 is 0 Å². The molecule has 0 saturated heterocycles. The SMILES string of the molecule is CCc1ccc(C(=O)Nc2ncc(Cc3ccc(C(C)C)cc3)s2)cc1. The van der Waals surface area contributed by atoms with Gasteiger partial charge in [0.2, 0.25) is 0 Å². The van der Waals surface area contributed by atoms with Crippen LogP contribution in [-0.4, -0.2) is 10.9 Å². The minimum atomic E-state index is -0.116. The normalized spacial score (nSPS) is 10.9. The molecule has 2 aromatic carbocycles. The van der Waals surface area contributed by atoms with Crippen molar-refractivity contribution in [2.45, 2.75) is 39.5 Å². The molecule has 1 heterocycles. The van der Waals surface area contributed by atoms with Crippen molar-refractivity contribution < 1.29 is 4.79 Å². The molecule has 1 aromatic heterocycles. The Bertz CT molecular complexity index is 864. The topological polar surface area (TPSA) is 42.0 Å². The lowest BCUT2D eigenvalue weighted by Crippen LogP contribution is -2.11. The fourth-order valence-electron chi connectivity index (χ4n) is 2.73. The van der Waals surface area contributed by atoms with Crippen molar-refractivity contribution in [3.63, 3.8) is 0 Å². The van der Waals surface area contributed by atoms with Gasteiger partial charge in [0.1, 0.15) is 0 Å². The molecular formula is C22H24N2OS. The van der Waals surface area contributed by atoms with Crippen LogP contribution in [0.15, 0.2) is 54.7 Å². The van der Waals surface area contributed by atoms with Crippen LogP contribution in [0.2, 0.25) is 0 Å². The minimum absolute atomic E-state index is 0.116. The van der Waals surface area contributed by atoms with Crippen molar-refractivity contribution in [1.29, 1.82) is 0 Å². The molecule has 3 aromatic rings. The Kier molecular flexibility index (Phi) is 5.84. The first-order valence-electron chi connectivity index (χ1n) is 8.99. The highest BCUT2D eigenvalue weighted by Gasteiger charge is 2.10. The number of hydrogen-bond donors (Lipinski definition) is 1. The summed E-state index contributed by atoms with van der Waals surface area (Å²) in [5, 5.41) is 3.54. The number of benzene rings is 2. The van der Waals surface area contributed by atoms with Gasteiger partial charge >= 0.3 is 0 Å². The Labute approximate surface area is 159 Å². The average molecular weight is 365 g/mol. The maximum Gasteiger partial charge on any atom is 0.257 e. The number of hydrogen-bond acceptors (Lipinski definition) is 3. The van der Waals surface area contributed by atoms with E-state index in [1.165, 1.54) is 28.0 Å². The fourth-order valence-corrected chi connectivity index (χ4v) is 3.57. The second-order valence-electron chi connectivity index (χ2n) is 6.71. The third-order valence-corrected chi connectivity index (χ3v) is 5.34. The third kappa shape index (κ3) is 4.58. The van der Waals surface area contributed by atoms with Crippen molar-refractivity contribution in [2.24, 2.45) is 0 Å². The van der Waals surface area contributed by atoms with Gasteiger partial charge in [0.05, 0.1) is 0 Å². The quantitative estimate of drug-likeness (QED) is 0.612. The predicted molar refractivity (Wildman–Crippen MR) is 109 cm³/mol. The summed E-state index contributed by atoms with van der Waals surface area (Å²) >= 11 is 1.53. The van der Waals surface area contributed by atoms with Crippen LogP contribution >= 0.6 is 11.3 Å². The first-order valence-corrected chi connectivity index (χ1v) is 9.80. The number of amides is 1. The van der Waals surface area contributed by atoms with E-state index in [4.69, 9.17) is 0 Å². The average Bonchev–Trinajstić information content (AvgIpc) is 3.09. The Hall–Kier alpha value is -2.46. The third-order valence-electron chi connectivity index (χ3n) is 4.42. The molecule has 0 spiro atoms. The Morgan fingerprint density at radius 1 is 1.04 bits per heavy atom. The number of nitrogens with zero attached hydrogens (tertiary/aromatic N) is 1. The number of thiazole rings is 1. The molecule has 134 valence electrons. The van der Waals surface area contributed by atoms with Crippen LogP contribution in [0.1, 0.15) is 58.6 Å². The molecule has 1 N–H and O–H groups in total. The molecule has 1 amide bonds. The van der Waals surface area contributed by atoms with Crippen LogP contribution < -0.4 is 5.32 Å². The van der Waals surface area contributed by atoms with E-state index in [1.807, 2.05) is 30.5 Å². The predicted octanol–water partition coefficient (Wildman–Crippen LogP) is 5.67. The fraction of sp³-hybridized carbons (Fsp3) is 0.273. The van der Waals surface area contributed by atoms with E-state index in [1.54, 1.807) is 0 Å². The van der Waals surface area contributed by atoms with Gasteiger partial charge in [-0.1, -0.05) is 57.2 Å². The maximum absolute atomic E-state index is 12.3. The number of rotatable bonds is 6. The molecule has 0 aliphatic rings. The van der Waals surface area contributed by atoms with Gasteiger partial charge in [0.15, 0.2) is 5.13 Å². The lowest BCUT2D eigenvalue weighted by molar-refractivity contribution is 0.102. The van der Waals surface area contributed by atoms with Crippen molar-refractivity contribution in [3.05, 3.63) is 81.9 Å². The summed E-state index contributed by atoms with van der Waals surface area (Å²) in [4.78, 5) is 17.8. The monoisotopic (exact) mass is 364 g/mol.